The van der Waals surface area contributed by atoms with Crippen molar-refractivity contribution in [3.05, 3.63) is 0 Å². The molecule has 0 N–H and O–H groups in total. The Morgan fingerprint density at radius 3 is 1.52 bits per heavy atom. The van der Waals surface area contributed by atoms with Crippen molar-refractivity contribution in [1.82, 2.24) is 0 Å². The molecule has 0 bridgehead atoms. The van der Waals surface area contributed by atoms with Crippen LogP contribution in [0.1, 0.15) is 61.3 Å². The second-order valence-corrected chi connectivity index (χ2v) is 5.31. The van der Waals surface area contributed by atoms with Crippen LogP contribution in [0.4, 0.5) is 8.78 Å². The summed E-state index contributed by atoms with van der Waals surface area (Å²) in [5.41, 5.74) is 0. The van der Waals surface area contributed by atoms with Crippen LogP contribution in [0.3, 0.4) is 0 Å². The molecule has 0 spiro atoms. The molecule has 5 unspecified atom stereocenters. The minimum atomic E-state index is -1.24. The van der Waals surface area contributed by atoms with Crippen LogP contribution in [-0.2, 0) is 18.9 Å². The lowest BCUT2D eigenvalue weighted by Crippen LogP contribution is -2.26. The van der Waals surface area contributed by atoms with Gasteiger partial charge in [0.25, 0.3) is 0 Å². The van der Waals surface area contributed by atoms with Gasteiger partial charge in [0.2, 0.25) is 0 Å². The molecule has 0 fully saturated rings. The van der Waals surface area contributed by atoms with Crippen molar-refractivity contribution in [1.29, 1.82) is 0 Å². The van der Waals surface area contributed by atoms with Gasteiger partial charge in [-0.1, -0.05) is 13.8 Å². The summed E-state index contributed by atoms with van der Waals surface area (Å²) in [5.74, 6) is 0. The minimum Gasteiger partial charge on any atom is -0.376 e. The molecule has 0 saturated heterocycles. The maximum Gasteiger partial charge on any atom is 0.195 e. The maximum absolute atomic E-state index is 12.5. The summed E-state index contributed by atoms with van der Waals surface area (Å²) in [5, 5.41) is 0. The molecule has 0 aromatic carbocycles. The zero-order chi connectivity index (χ0) is 18.3. The fraction of sp³-hybridized carbons (Fsp3) is 1.00. The Morgan fingerprint density at radius 1 is 0.652 bits per heavy atom. The Balaban J connectivity index is 0. The number of ether oxygens (including phenoxy) is 4. The average molecular weight is 342 g/mol. The van der Waals surface area contributed by atoms with E-state index in [4.69, 9.17) is 18.9 Å². The summed E-state index contributed by atoms with van der Waals surface area (Å²) >= 11 is 0. The first-order chi connectivity index (χ1) is 10.8. The molecule has 0 saturated carbocycles. The number of rotatable bonds is 13. The van der Waals surface area contributed by atoms with E-state index in [0.717, 1.165) is 0 Å². The van der Waals surface area contributed by atoms with Crippen molar-refractivity contribution in [2.24, 2.45) is 0 Å². The van der Waals surface area contributed by atoms with Crippen LogP contribution in [0.2, 0.25) is 0 Å². The van der Waals surface area contributed by atoms with Gasteiger partial charge in [-0.2, -0.15) is 0 Å². The molecule has 23 heavy (non-hydrogen) atoms. The molecule has 0 aliphatic carbocycles. The van der Waals surface area contributed by atoms with Crippen LogP contribution >= 0.6 is 0 Å². The van der Waals surface area contributed by atoms with E-state index < -0.39 is 12.7 Å². The molecule has 4 nitrogen and oxygen atoms in total. The zero-order valence-electron chi connectivity index (χ0n) is 15.8. The Kier molecular flexibility index (Phi) is 18.0. The second-order valence-electron chi connectivity index (χ2n) is 5.31. The lowest BCUT2D eigenvalue weighted by atomic mass is 10.3. The summed E-state index contributed by atoms with van der Waals surface area (Å²) in [6, 6.07) is 0. The quantitative estimate of drug-likeness (QED) is 0.488. The van der Waals surface area contributed by atoms with E-state index in [1.807, 2.05) is 34.6 Å². The highest BCUT2D eigenvalue weighted by atomic mass is 19.1. The van der Waals surface area contributed by atoms with Gasteiger partial charge in [-0.05, 0) is 47.5 Å². The Labute approximate surface area is 140 Å². The van der Waals surface area contributed by atoms with E-state index in [-0.39, 0.29) is 18.3 Å². The van der Waals surface area contributed by atoms with E-state index in [1.165, 1.54) is 13.8 Å². The molecule has 142 valence electrons. The van der Waals surface area contributed by atoms with Crippen LogP contribution in [0.25, 0.3) is 0 Å². The summed E-state index contributed by atoms with van der Waals surface area (Å²) in [6.07, 6.45) is -1.31. The topological polar surface area (TPSA) is 36.9 Å². The van der Waals surface area contributed by atoms with Gasteiger partial charge in [0, 0.05) is 0 Å². The number of halogens is 2. The summed E-state index contributed by atoms with van der Waals surface area (Å²) in [6.45, 7) is 13.6. The number of alkyl halides is 2. The molecule has 0 aromatic heterocycles. The molecule has 0 aromatic rings. The highest BCUT2D eigenvalue weighted by Crippen LogP contribution is 2.07. The molecule has 0 aliphatic rings. The third kappa shape index (κ3) is 19.7. The third-order valence-electron chi connectivity index (χ3n) is 2.82. The summed E-state index contributed by atoms with van der Waals surface area (Å²) in [4.78, 5) is 0. The van der Waals surface area contributed by atoms with Gasteiger partial charge in [0.15, 0.2) is 12.7 Å². The van der Waals surface area contributed by atoms with Gasteiger partial charge in [-0.15, -0.1) is 0 Å². The lowest BCUT2D eigenvalue weighted by molar-refractivity contribution is -0.0865. The van der Waals surface area contributed by atoms with Gasteiger partial charge in [0.1, 0.15) is 0 Å². The van der Waals surface area contributed by atoms with E-state index in [1.54, 1.807) is 0 Å². The Hall–Kier alpha value is -0.300. The van der Waals surface area contributed by atoms with Gasteiger partial charge in [-0.3, -0.25) is 0 Å². The van der Waals surface area contributed by atoms with Crippen molar-refractivity contribution < 1.29 is 27.7 Å². The predicted molar refractivity (Wildman–Crippen MR) is 89.0 cm³/mol. The Bertz CT molecular complexity index is 241. The standard InChI is InChI=1S/C15H30F2O4.C2H6/c1-11(6-8-18-14(4)16)20-10-13(3)21-12(2)7-9-19-15(5)17;1-2/h11-15H,6-10H2,1-5H3;1-2H3. The first-order valence-corrected chi connectivity index (χ1v) is 8.59. The number of hydrogen-bond donors (Lipinski definition) is 0. The molecule has 0 amide bonds. The van der Waals surface area contributed by atoms with Crippen LogP contribution < -0.4 is 0 Å². The molecule has 0 aliphatic heterocycles. The molecular weight excluding hydrogens is 306 g/mol. The SMILES string of the molecule is CC.CC(F)OCCC(C)OCC(C)OC(C)CCOC(C)F. The predicted octanol–water partition coefficient (Wildman–Crippen LogP) is 4.66. The monoisotopic (exact) mass is 342 g/mol. The van der Waals surface area contributed by atoms with Crippen LogP contribution in [0.5, 0.6) is 0 Å². The first-order valence-electron chi connectivity index (χ1n) is 8.59. The van der Waals surface area contributed by atoms with Gasteiger partial charge >= 0.3 is 0 Å². The smallest absolute Gasteiger partial charge is 0.195 e. The normalized spacial score (nSPS) is 17.6. The van der Waals surface area contributed by atoms with E-state index in [0.29, 0.717) is 32.7 Å². The highest BCUT2D eigenvalue weighted by molar-refractivity contribution is 4.57. The largest absolute Gasteiger partial charge is 0.376 e. The van der Waals surface area contributed by atoms with Crippen LogP contribution in [0, 0.1) is 0 Å². The van der Waals surface area contributed by atoms with E-state index in [9.17, 15) is 8.78 Å². The first kappa shape index (κ1) is 24.9. The molecule has 6 heteroatoms. The summed E-state index contributed by atoms with van der Waals surface area (Å²) in [7, 11) is 0. The van der Waals surface area contributed by atoms with Crippen molar-refractivity contribution in [3.8, 4) is 0 Å². The van der Waals surface area contributed by atoms with Crippen molar-refractivity contribution in [2.75, 3.05) is 19.8 Å². The minimum absolute atomic E-state index is 0.0131. The second kappa shape index (κ2) is 16.6. The lowest BCUT2D eigenvalue weighted by Gasteiger charge is -2.21. The molecule has 5 atom stereocenters. The van der Waals surface area contributed by atoms with Gasteiger partial charge in [0.05, 0.1) is 38.1 Å². The average Bonchev–Trinajstić information content (AvgIpc) is 2.46. The van der Waals surface area contributed by atoms with Crippen molar-refractivity contribution in [3.63, 3.8) is 0 Å². The maximum atomic E-state index is 12.5. The molecular formula is C17H36F2O4. The van der Waals surface area contributed by atoms with E-state index >= 15 is 0 Å². The van der Waals surface area contributed by atoms with Gasteiger partial charge < -0.3 is 18.9 Å². The zero-order valence-corrected chi connectivity index (χ0v) is 15.8. The van der Waals surface area contributed by atoms with E-state index in [2.05, 4.69) is 0 Å². The van der Waals surface area contributed by atoms with Crippen molar-refractivity contribution >= 4 is 0 Å². The van der Waals surface area contributed by atoms with Crippen molar-refractivity contribution in [2.45, 2.75) is 92.3 Å². The van der Waals surface area contributed by atoms with Crippen LogP contribution in [0.15, 0.2) is 0 Å². The fourth-order valence-corrected chi connectivity index (χ4v) is 1.68. The molecule has 0 heterocycles. The molecule has 0 radical (unpaired) electrons. The Morgan fingerprint density at radius 2 is 1.09 bits per heavy atom. The highest BCUT2D eigenvalue weighted by Gasteiger charge is 2.12. The molecule has 0 rings (SSSR count). The summed E-state index contributed by atoms with van der Waals surface area (Å²) < 4.78 is 45.9. The third-order valence-corrected chi connectivity index (χ3v) is 2.82. The number of hydrogen-bond acceptors (Lipinski definition) is 4. The van der Waals surface area contributed by atoms with Gasteiger partial charge in [-0.25, -0.2) is 8.78 Å². The fourth-order valence-electron chi connectivity index (χ4n) is 1.68. The van der Waals surface area contributed by atoms with Crippen LogP contribution in [-0.4, -0.2) is 50.8 Å².